The topological polar surface area (TPSA) is 57.5 Å². The lowest BCUT2D eigenvalue weighted by atomic mass is 10.1. The predicted octanol–water partition coefficient (Wildman–Crippen LogP) is 3.00. The van der Waals surface area contributed by atoms with Gasteiger partial charge < -0.3 is 15.0 Å². The van der Waals surface area contributed by atoms with Gasteiger partial charge in [-0.15, -0.1) is 0 Å². The third-order valence-electron chi connectivity index (χ3n) is 4.52. The molecule has 3 aromatic rings. The molecule has 1 atom stereocenters. The van der Waals surface area contributed by atoms with Crippen molar-refractivity contribution in [1.29, 1.82) is 0 Å². The highest BCUT2D eigenvalue weighted by atomic mass is 16.3. The first-order valence-corrected chi connectivity index (χ1v) is 9.38. The first-order valence-electron chi connectivity index (χ1n) is 9.38. The molecule has 0 saturated carbocycles. The standard InChI is InChI=1S/C22H29N3O2/c1-22(2,3)23-21(27)15-24(4)13-16(26)14-25-19-11-7-5-9-17(19)18-10-6-8-12-20(18)25/h5-12,16,26H,13-15H2,1-4H3,(H,23,27). The van der Waals surface area contributed by atoms with Crippen molar-refractivity contribution in [3.63, 3.8) is 0 Å². The van der Waals surface area contributed by atoms with Gasteiger partial charge in [0, 0.05) is 33.9 Å². The van der Waals surface area contributed by atoms with Gasteiger partial charge in [-0.2, -0.15) is 0 Å². The van der Waals surface area contributed by atoms with E-state index in [0.29, 0.717) is 13.1 Å². The fraction of sp³-hybridized carbons (Fsp3) is 0.409. The number of carbonyl (C=O) groups excluding carboxylic acids is 1. The van der Waals surface area contributed by atoms with Gasteiger partial charge in [0.05, 0.1) is 19.2 Å². The Bertz CT molecular complexity index is 886. The summed E-state index contributed by atoms with van der Waals surface area (Å²) in [5, 5.41) is 16.0. The molecule has 3 rings (SSSR count). The molecule has 144 valence electrons. The Morgan fingerprint density at radius 3 is 2.11 bits per heavy atom. The second kappa shape index (κ2) is 7.71. The van der Waals surface area contributed by atoms with Crippen LogP contribution in [0, 0.1) is 0 Å². The lowest BCUT2D eigenvalue weighted by Gasteiger charge is -2.25. The van der Waals surface area contributed by atoms with Gasteiger partial charge in [0.25, 0.3) is 0 Å². The summed E-state index contributed by atoms with van der Waals surface area (Å²) in [6.07, 6.45) is -0.573. The fourth-order valence-electron chi connectivity index (χ4n) is 3.60. The van der Waals surface area contributed by atoms with Crippen molar-refractivity contribution in [2.75, 3.05) is 20.1 Å². The Morgan fingerprint density at radius 2 is 1.59 bits per heavy atom. The highest BCUT2D eigenvalue weighted by Crippen LogP contribution is 2.28. The van der Waals surface area contributed by atoms with Crippen LogP contribution in [0.1, 0.15) is 20.8 Å². The number of rotatable bonds is 6. The van der Waals surface area contributed by atoms with Crippen LogP contribution in [0.4, 0.5) is 0 Å². The van der Waals surface area contributed by atoms with Crippen molar-refractivity contribution in [3.05, 3.63) is 48.5 Å². The third-order valence-corrected chi connectivity index (χ3v) is 4.52. The van der Waals surface area contributed by atoms with E-state index in [1.807, 2.05) is 57.0 Å². The van der Waals surface area contributed by atoms with Crippen LogP contribution in [-0.4, -0.2) is 52.3 Å². The fourth-order valence-corrected chi connectivity index (χ4v) is 3.60. The summed E-state index contributed by atoms with van der Waals surface area (Å²) in [6.45, 7) is 7.06. The van der Waals surface area contributed by atoms with Crippen LogP contribution in [0.2, 0.25) is 0 Å². The van der Waals surface area contributed by atoms with Gasteiger partial charge in [0.15, 0.2) is 0 Å². The summed E-state index contributed by atoms with van der Waals surface area (Å²) >= 11 is 0. The maximum atomic E-state index is 12.1. The average Bonchev–Trinajstić information content (AvgIpc) is 2.87. The quantitative estimate of drug-likeness (QED) is 0.704. The second-order valence-electron chi connectivity index (χ2n) is 8.29. The number of aromatic nitrogens is 1. The van der Waals surface area contributed by atoms with Crippen molar-refractivity contribution in [3.8, 4) is 0 Å². The number of nitrogens with one attached hydrogen (secondary N) is 1. The normalized spacial score (nSPS) is 13.4. The van der Waals surface area contributed by atoms with Gasteiger partial charge in [-0.3, -0.25) is 9.69 Å². The van der Waals surface area contributed by atoms with Crippen LogP contribution >= 0.6 is 0 Å². The van der Waals surface area contributed by atoms with E-state index in [4.69, 9.17) is 0 Å². The molecule has 5 heteroatoms. The van der Waals surface area contributed by atoms with Crippen LogP contribution in [-0.2, 0) is 11.3 Å². The van der Waals surface area contributed by atoms with Gasteiger partial charge in [0.2, 0.25) is 5.91 Å². The van der Waals surface area contributed by atoms with E-state index in [0.717, 1.165) is 11.0 Å². The molecule has 5 nitrogen and oxygen atoms in total. The number of hydrogen-bond acceptors (Lipinski definition) is 3. The SMILES string of the molecule is CN(CC(=O)NC(C)(C)C)CC(O)Cn1c2ccccc2c2ccccc21. The Kier molecular flexibility index (Phi) is 5.53. The molecule has 0 radical (unpaired) electrons. The predicted molar refractivity (Wildman–Crippen MR) is 111 cm³/mol. The van der Waals surface area contributed by atoms with Gasteiger partial charge in [-0.1, -0.05) is 36.4 Å². The van der Waals surface area contributed by atoms with Gasteiger partial charge in [0.1, 0.15) is 0 Å². The molecule has 1 amide bonds. The Labute approximate surface area is 160 Å². The molecular weight excluding hydrogens is 338 g/mol. The van der Waals surface area contributed by atoms with E-state index in [1.54, 1.807) is 0 Å². The molecular formula is C22H29N3O2. The van der Waals surface area contributed by atoms with Crippen molar-refractivity contribution in [2.45, 2.75) is 39.0 Å². The summed E-state index contributed by atoms with van der Waals surface area (Å²) in [7, 11) is 1.86. The Morgan fingerprint density at radius 1 is 1.07 bits per heavy atom. The Balaban J connectivity index is 1.72. The molecule has 0 aliphatic carbocycles. The molecule has 0 aliphatic heterocycles. The summed E-state index contributed by atoms with van der Waals surface area (Å²) < 4.78 is 2.17. The Hall–Kier alpha value is -2.37. The largest absolute Gasteiger partial charge is 0.390 e. The number of aliphatic hydroxyl groups excluding tert-OH is 1. The number of amides is 1. The molecule has 0 aliphatic rings. The molecule has 0 fully saturated rings. The van der Waals surface area contributed by atoms with E-state index < -0.39 is 6.10 Å². The number of carbonyl (C=O) groups is 1. The van der Waals surface area contributed by atoms with Gasteiger partial charge >= 0.3 is 0 Å². The van der Waals surface area contributed by atoms with Gasteiger partial charge in [-0.05, 0) is 40.0 Å². The maximum absolute atomic E-state index is 12.1. The smallest absolute Gasteiger partial charge is 0.234 e. The number of nitrogens with zero attached hydrogens (tertiary/aromatic N) is 2. The molecule has 0 saturated heterocycles. The highest BCUT2D eigenvalue weighted by Gasteiger charge is 2.18. The minimum Gasteiger partial charge on any atom is -0.390 e. The van der Waals surface area contributed by atoms with E-state index in [1.165, 1.54) is 10.8 Å². The zero-order valence-corrected chi connectivity index (χ0v) is 16.6. The average molecular weight is 367 g/mol. The first kappa shape index (κ1) is 19.4. The van der Waals surface area contributed by atoms with Crippen molar-refractivity contribution < 1.29 is 9.90 Å². The monoisotopic (exact) mass is 367 g/mol. The number of likely N-dealkylation sites (N-methyl/N-ethyl adjacent to an activating group) is 1. The lowest BCUT2D eigenvalue weighted by Crippen LogP contribution is -2.46. The second-order valence-corrected chi connectivity index (χ2v) is 8.29. The molecule has 2 N–H and O–H groups in total. The first-order chi connectivity index (χ1) is 12.7. The molecule has 1 heterocycles. The van der Waals surface area contributed by atoms with Crippen LogP contribution in [0.15, 0.2) is 48.5 Å². The van der Waals surface area contributed by atoms with Crippen LogP contribution in [0.5, 0.6) is 0 Å². The minimum atomic E-state index is -0.573. The molecule has 2 aromatic carbocycles. The van der Waals surface area contributed by atoms with Crippen molar-refractivity contribution >= 4 is 27.7 Å². The van der Waals surface area contributed by atoms with Crippen LogP contribution in [0.3, 0.4) is 0 Å². The molecule has 1 aromatic heterocycles. The number of hydrogen-bond donors (Lipinski definition) is 2. The minimum absolute atomic E-state index is 0.0333. The van der Waals surface area contributed by atoms with Crippen molar-refractivity contribution in [2.24, 2.45) is 0 Å². The number of fused-ring (bicyclic) bond motifs is 3. The summed E-state index contributed by atoms with van der Waals surface area (Å²) in [5.74, 6) is -0.0333. The van der Waals surface area contributed by atoms with E-state index >= 15 is 0 Å². The molecule has 0 spiro atoms. The molecule has 27 heavy (non-hydrogen) atoms. The van der Waals surface area contributed by atoms with E-state index in [2.05, 4.69) is 34.1 Å². The number of benzene rings is 2. The van der Waals surface area contributed by atoms with Crippen LogP contribution < -0.4 is 5.32 Å². The van der Waals surface area contributed by atoms with Crippen molar-refractivity contribution in [1.82, 2.24) is 14.8 Å². The van der Waals surface area contributed by atoms with Gasteiger partial charge in [-0.25, -0.2) is 0 Å². The third kappa shape index (κ3) is 4.67. The zero-order chi connectivity index (χ0) is 19.6. The maximum Gasteiger partial charge on any atom is 0.234 e. The lowest BCUT2D eigenvalue weighted by molar-refractivity contribution is -0.123. The zero-order valence-electron chi connectivity index (χ0n) is 16.6. The van der Waals surface area contributed by atoms with E-state index in [9.17, 15) is 9.90 Å². The molecule has 1 unspecified atom stereocenters. The van der Waals surface area contributed by atoms with Crippen LogP contribution in [0.25, 0.3) is 21.8 Å². The number of para-hydroxylation sites is 2. The molecule has 0 bridgehead atoms. The number of aliphatic hydroxyl groups is 1. The highest BCUT2D eigenvalue weighted by molar-refractivity contribution is 6.07. The summed E-state index contributed by atoms with van der Waals surface area (Å²) in [5.41, 5.74) is 1.98. The van der Waals surface area contributed by atoms with E-state index in [-0.39, 0.29) is 18.0 Å². The summed E-state index contributed by atoms with van der Waals surface area (Å²) in [4.78, 5) is 13.9. The summed E-state index contributed by atoms with van der Waals surface area (Å²) in [6, 6.07) is 16.5.